The van der Waals surface area contributed by atoms with Crippen molar-refractivity contribution in [2.24, 2.45) is 0 Å². The summed E-state index contributed by atoms with van der Waals surface area (Å²) in [6.45, 7) is 0. The Morgan fingerprint density at radius 2 is 1.98 bits per heavy atom. The number of furan rings is 1. The number of nitro groups is 1. The maximum atomic E-state index is 13.9. The molecule has 10 nitrogen and oxygen atoms in total. The van der Waals surface area contributed by atoms with Gasteiger partial charge in [-0.15, -0.1) is 0 Å². The average molecular weight is 553 g/mol. The third kappa shape index (κ3) is 4.85. The lowest BCUT2D eigenvalue weighted by Gasteiger charge is -2.32. The lowest BCUT2D eigenvalue weighted by Crippen LogP contribution is -2.36. The first-order valence-corrected chi connectivity index (χ1v) is 12.5. The predicted octanol–water partition coefficient (Wildman–Crippen LogP) is 6.58. The number of nitro benzene ring substituents is 1. The van der Waals surface area contributed by atoms with Crippen LogP contribution in [0.3, 0.4) is 0 Å². The van der Waals surface area contributed by atoms with E-state index in [4.69, 9.17) is 9.15 Å². The minimum Gasteiger partial charge on any atom is -0.467 e. The molecule has 2 aromatic heterocycles. The van der Waals surface area contributed by atoms with E-state index in [0.29, 0.717) is 5.75 Å². The zero-order chi connectivity index (χ0) is 28.0. The quantitative estimate of drug-likeness (QED) is 0.204. The van der Waals surface area contributed by atoms with E-state index in [2.05, 4.69) is 15.7 Å². The van der Waals surface area contributed by atoms with Crippen molar-refractivity contribution in [3.8, 4) is 11.5 Å². The van der Waals surface area contributed by atoms with E-state index in [0.717, 1.165) is 41.8 Å². The molecule has 1 amide bonds. The summed E-state index contributed by atoms with van der Waals surface area (Å²) in [6.07, 6.45) is 0.312. The van der Waals surface area contributed by atoms with Gasteiger partial charge in [0.2, 0.25) is 0 Å². The molecule has 40 heavy (non-hydrogen) atoms. The fraction of sp³-hybridized carbons (Fsp3) is 0.259. The molecule has 0 spiro atoms. The van der Waals surface area contributed by atoms with Gasteiger partial charge in [-0.1, -0.05) is 6.07 Å². The summed E-state index contributed by atoms with van der Waals surface area (Å²) in [6, 6.07) is 9.65. The largest absolute Gasteiger partial charge is 0.467 e. The monoisotopic (exact) mass is 553 g/mol. The van der Waals surface area contributed by atoms with Crippen molar-refractivity contribution in [2.45, 2.75) is 43.9 Å². The molecule has 1 aliphatic heterocycles. The van der Waals surface area contributed by atoms with Gasteiger partial charge in [-0.25, -0.2) is 4.68 Å². The fourth-order valence-corrected chi connectivity index (χ4v) is 5.17. The SMILES string of the molecule is O=C(Nc1cc(Oc2ccc3c(c2)CCC3)cc([N+](=O)[O-])c1)c1cnn2c1N[C@@H](c1ccco1)C[C@@H]2C(F)(F)F. The number of amides is 1. The molecule has 6 rings (SSSR count). The van der Waals surface area contributed by atoms with Gasteiger partial charge < -0.3 is 19.8 Å². The average Bonchev–Trinajstić information content (AvgIpc) is 3.68. The van der Waals surface area contributed by atoms with Crippen LogP contribution in [0, 0.1) is 10.1 Å². The Balaban J connectivity index is 1.29. The molecule has 0 bridgehead atoms. The van der Waals surface area contributed by atoms with Crippen molar-refractivity contribution in [1.82, 2.24) is 9.78 Å². The van der Waals surface area contributed by atoms with Gasteiger partial charge in [0, 0.05) is 18.6 Å². The second-order valence-electron chi connectivity index (χ2n) is 9.67. The highest BCUT2D eigenvalue weighted by molar-refractivity contribution is 6.07. The van der Waals surface area contributed by atoms with Crippen LogP contribution in [0.15, 0.2) is 65.4 Å². The number of halogens is 3. The van der Waals surface area contributed by atoms with Crippen LogP contribution in [0.25, 0.3) is 0 Å². The molecule has 2 atom stereocenters. The molecule has 3 heterocycles. The van der Waals surface area contributed by atoms with Gasteiger partial charge in [0.1, 0.15) is 28.6 Å². The zero-order valence-corrected chi connectivity index (χ0v) is 20.8. The first-order chi connectivity index (χ1) is 19.2. The molecule has 0 fully saturated rings. The Hall–Kier alpha value is -4.81. The van der Waals surface area contributed by atoms with Crippen molar-refractivity contribution >= 4 is 23.1 Å². The Morgan fingerprint density at radius 3 is 2.73 bits per heavy atom. The number of nitrogens with zero attached hydrogens (tertiary/aromatic N) is 3. The first kappa shape index (κ1) is 25.5. The Bertz CT molecular complexity index is 1600. The van der Waals surface area contributed by atoms with Gasteiger partial charge in [0.25, 0.3) is 11.6 Å². The zero-order valence-electron chi connectivity index (χ0n) is 20.8. The number of nitrogens with one attached hydrogen (secondary N) is 2. The number of benzene rings is 2. The number of anilines is 2. The van der Waals surface area contributed by atoms with Gasteiger partial charge in [-0.05, 0) is 54.7 Å². The lowest BCUT2D eigenvalue weighted by molar-refractivity contribution is -0.384. The van der Waals surface area contributed by atoms with Crippen LogP contribution in [0.1, 0.15) is 52.2 Å². The van der Waals surface area contributed by atoms with Crippen LogP contribution in [-0.4, -0.2) is 26.8 Å². The highest BCUT2D eigenvalue weighted by Crippen LogP contribution is 2.44. The van der Waals surface area contributed by atoms with Crippen LogP contribution in [0.5, 0.6) is 11.5 Å². The van der Waals surface area contributed by atoms with E-state index < -0.39 is 29.1 Å². The maximum absolute atomic E-state index is 13.9. The van der Waals surface area contributed by atoms with E-state index in [1.54, 1.807) is 18.2 Å². The van der Waals surface area contributed by atoms with E-state index >= 15 is 0 Å². The van der Waals surface area contributed by atoms with Gasteiger partial charge in [-0.2, -0.15) is 18.3 Å². The van der Waals surface area contributed by atoms with Crippen LogP contribution in [0.4, 0.5) is 30.4 Å². The molecule has 0 unspecified atom stereocenters. The lowest BCUT2D eigenvalue weighted by atomic mass is 10.0. The molecule has 0 saturated carbocycles. The third-order valence-corrected chi connectivity index (χ3v) is 7.04. The van der Waals surface area contributed by atoms with Crippen molar-refractivity contribution in [3.63, 3.8) is 0 Å². The summed E-state index contributed by atoms with van der Waals surface area (Å²) >= 11 is 0. The Kier molecular flexibility index (Phi) is 6.20. The number of rotatable bonds is 6. The standard InChI is InChI=1S/C27H22F3N5O5/c28-27(29,30)24-13-22(23-5-2-8-39-23)33-25-21(14-31-34(24)25)26(36)32-17-10-18(35(37)38)12-20(11-17)40-19-7-6-15-3-1-4-16(15)9-19/h2,5-12,14,22,24,33H,1,3-4,13H2,(H,32,36)/t22-,24-/m1/s1. The minimum absolute atomic E-state index is 0.0288. The van der Waals surface area contributed by atoms with Crippen molar-refractivity contribution < 1.29 is 32.0 Å². The maximum Gasteiger partial charge on any atom is 0.410 e. The number of aryl methyl sites for hydroxylation is 2. The second kappa shape index (κ2) is 9.74. The predicted molar refractivity (Wildman–Crippen MR) is 137 cm³/mol. The summed E-state index contributed by atoms with van der Waals surface area (Å²) < 4.78 is 53.7. The van der Waals surface area contributed by atoms with E-state index in [1.807, 2.05) is 12.1 Å². The number of aromatic nitrogens is 2. The highest BCUT2D eigenvalue weighted by atomic mass is 19.4. The Morgan fingerprint density at radius 1 is 1.15 bits per heavy atom. The van der Waals surface area contributed by atoms with Crippen molar-refractivity contribution in [3.05, 3.63) is 93.6 Å². The van der Waals surface area contributed by atoms with Crippen LogP contribution in [0.2, 0.25) is 0 Å². The topological polar surface area (TPSA) is 124 Å². The number of non-ortho nitro benzene ring substituents is 1. The number of hydrogen-bond acceptors (Lipinski definition) is 7. The van der Waals surface area contributed by atoms with Gasteiger partial charge in [0.15, 0.2) is 6.04 Å². The number of carbonyl (C=O) groups excluding carboxylic acids is 1. The molecule has 13 heteroatoms. The number of fused-ring (bicyclic) bond motifs is 2. The smallest absolute Gasteiger partial charge is 0.410 e. The molecule has 2 N–H and O–H groups in total. The van der Waals surface area contributed by atoms with Crippen molar-refractivity contribution in [2.75, 3.05) is 10.6 Å². The summed E-state index contributed by atoms with van der Waals surface area (Å²) in [4.78, 5) is 24.2. The van der Waals surface area contributed by atoms with E-state index in [9.17, 15) is 28.1 Å². The van der Waals surface area contributed by atoms with E-state index in [-0.39, 0.29) is 40.7 Å². The van der Waals surface area contributed by atoms with Gasteiger partial charge in [-0.3, -0.25) is 14.9 Å². The van der Waals surface area contributed by atoms with Crippen LogP contribution >= 0.6 is 0 Å². The fourth-order valence-electron chi connectivity index (χ4n) is 5.17. The molecular formula is C27H22F3N5O5. The molecule has 0 saturated heterocycles. The molecular weight excluding hydrogens is 531 g/mol. The molecule has 4 aromatic rings. The summed E-state index contributed by atoms with van der Waals surface area (Å²) in [5.41, 5.74) is 1.91. The molecule has 2 aliphatic rings. The van der Waals surface area contributed by atoms with Crippen LogP contribution in [-0.2, 0) is 12.8 Å². The number of ether oxygens (including phenoxy) is 1. The summed E-state index contributed by atoms with van der Waals surface area (Å²) in [5.74, 6) is -0.0607. The van der Waals surface area contributed by atoms with Crippen LogP contribution < -0.4 is 15.4 Å². The highest BCUT2D eigenvalue weighted by Gasteiger charge is 2.47. The molecule has 1 aliphatic carbocycles. The van der Waals surface area contributed by atoms with Crippen molar-refractivity contribution in [1.29, 1.82) is 0 Å². The normalized spacial score (nSPS) is 18.0. The Labute approximate surface area is 224 Å². The molecule has 0 radical (unpaired) electrons. The van der Waals surface area contributed by atoms with Gasteiger partial charge in [0.05, 0.1) is 35.2 Å². The number of alkyl halides is 3. The van der Waals surface area contributed by atoms with E-state index in [1.165, 1.54) is 24.0 Å². The number of hydrogen-bond donors (Lipinski definition) is 2. The molecule has 206 valence electrons. The minimum atomic E-state index is -4.63. The summed E-state index contributed by atoms with van der Waals surface area (Å²) in [7, 11) is 0. The number of carbonyl (C=O) groups is 1. The summed E-state index contributed by atoms with van der Waals surface area (Å²) in [5, 5.41) is 20.9. The second-order valence-corrected chi connectivity index (χ2v) is 9.67. The van der Waals surface area contributed by atoms with Gasteiger partial charge >= 0.3 is 6.18 Å². The third-order valence-electron chi connectivity index (χ3n) is 7.04. The molecule has 2 aromatic carbocycles. The first-order valence-electron chi connectivity index (χ1n) is 12.5.